The molecule has 2 aromatic rings. The van der Waals surface area contributed by atoms with Crippen LogP contribution in [-0.2, 0) is 11.3 Å². The molecule has 1 aliphatic carbocycles. The van der Waals surface area contributed by atoms with Crippen molar-refractivity contribution in [2.45, 2.75) is 67.4 Å². The fraction of sp³-hybridized carbons (Fsp3) is 0.471. The summed E-state index contributed by atoms with van der Waals surface area (Å²) in [6.45, 7) is 22.4. The Hall–Kier alpha value is -2.78. The highest BCUT2D eigenvalue weighted by Gasteiger charge is 2.33. The lowest BCUT2D eigenvalue weighted by molar-refractivity contribution is 0.0275. The van der Waals surface area contributed by atoms with E-state index in [1.54, 1.807) is 0 Å². The molecule has 4 rings (SSSR count). The van der Waals surface area contributed by atoms with Gasteiger partial charge in [-0.15, -0.1) is 0 Å². The molecule has 1 heterocycles. The van der Waals surface area contributed by atoms with Crippen molar-refractivity contribution in [3.8, 4) is 16.9 Å². The van der Waals surface area contributed by atoms with Gasteiger partial charge in [0.05, 0.1) is 6.61 Å². The first-order chi connectivity index (χ1) is 17.6. The maximum absolute atomic E-state index is 6.13. The van der Waals surface area contributed by atoms with Gasteiger partial charge in [-0.25, -0.2) is 0 Å². The van der Waals surface area contributed by atoms with Crippen LogP contribution in [0.2, 0.25) is 0 Å². The molecule has 2 aliphatic rings. The number of hydrogen-bond acceptors (Lipinski definition) is 3. The molecule has 1 atom stereocenters. The van der Waals surface area contributed by atoms with Crippen molar-refractivity contribution < 1.29 is 9.47 Å². The molecule has 0 spiro atoms. The SMILES string of the molecule is C=C(/C=C1/CC(C)C/C1=C/C)OCc1cccc(-c2c(C)cc(OCCCN3CC(C)(C)C3)cc2C)c1. The van der Waals surface area contributed by atoms with E-state index in [9.17, 15) is 0 Å². The molecule has 0 radical (unpaired) electrons. The normalized spacial score (nSPS) is 21.3. The molecule has 0 bridgehead atoms. The summed E-state index contributed by atoms with van der Waals surface area (Å²) >= 11 is 0. The maximum atomic E-state index is 6.13. The van der Waals surface area contributed by atoms with Crippen LogP contribution in [0.5, 0.6) is 5.75 Å². The highest BCUT2D eigenvalue weighted by molar-refractivity contribution is 5.72. The summed E-state index contributed by atoms with van der Waals surface area (Å²) in [5.74, 6) is 2.40. The smallest absolute Gasteiger partial charge is 0.119 e. The molecule has 2 fully saturated rings. The van der Waals surface area contributed by atoms with Crippen molar-refractivity contribution in [1.82, 2.24) is 4.90 Å². The van der Waals surface area contributed by atoms with Crippen LogP contribution in [0.15, 0.2) is 72.0 Å². The summed E-state index contributed by atoms with van der Waals surface area (Å²) in [7, 11) is 0. The quantitative estimate of drug-likeness (QED) is 0.242. The van der Waals surface area contributed by atoms with Gasteiger partial charge >= 0.3 is 0 Å². The predicted octanol–water partition coefficient (Wildman–Crippen LogP) is 8.41. The van der Waals surface area contributed by atoms with Gasteiger partial charge in [0.1, 0.15) is 18.1 Å². The third-order valence-electron chi connectivity index (χ3n) is 7.57. The Morgan fingerprint density at radius 1 is 1.08 bits per heavy atom. The van der Waals surface area contributed by atoms with Gasteiger partial charge in [-0.05, 0) is 115 Å². The molecule has 1 unspecified atom stereocenters. The number of ether oxygens (including phenoxy) is 2. The third-order valence-corrected chi connectivity index (χ3v) is 7.57. The zero-order valence-electron chi connectivity index (χ0n) is 23.8. The minimum Gasteiger partial charge on any atom is -0.494 e. The van der Waals surface area contributed by atoms with Gasteiger partial charge in [0.25, 0.3) is 0 Å². The number of hydrogen-bond donors (Lipinski definition) is 0. The van der Waals surface area contributed by atoms with Gasteiger partial charge in [0.2, 0.25) is 0 Å². The van der Waals surface area contributed by atoms with Crippen LogP contribution < -0.4 is 4.74 Å². The zero-order valence-corrected chi connectivity index (χ0v) is 23.8. The lowest BCUT2D eigenvalue weighted by atomic mass is 9.84. The number of nitrogens with zero attached hydrogens (tertiary/aromatic N) is 1. The first-order valence-corrected chi connectivity index (χ1v) is 13.9. The van der Waals surface area contributed by atoms with Crippen LogP contribution in [0, 0.1) is 25.2 Å². The first kappa shape index (κ1) is 27.3. The number of benzene rings is 2. The summed E-state index contributed by atoms with van der Waals surface area (Å²) in [5, 5.41) is 0. The summed E-state index contributed by atoms with van der Waals surface area (Å²) in [4.78, 5) is 2.51. The molecule has 1 saturated carbocycles. The van der Waals surface area contributed by atoms with Crippen molar-refractivity contribution in [2.75, 3.05) is 26.2 Å². The van der Waals surface area contributed by atoms with Crippen molar-refractivity contribution in [3.63, 3.8) is 0 Å². The summed E-state index contributed by atoms with van der Waals surface area (Å²) in [6.07, 6.45) is 7.67. The minimum absolute atomic E-state index is 0.490. The van der Waals surface area contributed by atoms with E-state index in [0.717, 1.165) is 49.5 Å². The van der Waals surface area contributed by atoms with E-state index < -0.39 is 0 Å². The first-order valence-electron chi connectivity index (χ1n) is 13.9. The fourth-order valence-corrected chi connectivity index (χ4v) is 6.03. The molecule has 0 N–H and O–H groups in total. The number of aryl methyl sites for hydroxylation is 2. The molecule has 3 heteroatoms. The Morgan fingerprint density at radius 3 is 2.46 bits per heavy atom. The van der Waals surface area contributed by atoms with Crippen molar-refractivity contribution in [1.29, 1.82) is 0 Å². The van der Waals surface area contributed by atoms with E-state index in [0.29, 0.717) is 17.9 Å². The van der Waals surface area contributed by atoms with E-state index in [1.165, 1.54) is 46.5 Å². The Bertz CT molecular complexity index is 1160. The van der Waals surface area contributed by atoms with Gasteiger partial charge in [0, 0.05) is 19.6 Å². The lowest BCUT2D eigenvalue weighted by Gasteiger charge is -2.46. The van der Waals surface area contributed by atoms with Crippen LogP contribution in [-0.4, -0.2) is 31.1 Å². The highest BCUT2D eigenvalue weighted by Crippen LogP contribution is 2.36. The Morgan fingerprint density at radius 2 is 1.78 bits per heavy atom. The number of likely N-dealkylation sites (tertiary alicyclic amines) is 1. The van der Waals surface area contributed by atoms with Crippen molar-refractivity contribution in [3.05, 3.63) is 88.7 Å². The van der Waals surface area contributed by atoms with Gasteiger partial charge < -0.3 is 14.4 Å². The van der Waals surface area contributed by atoms with E-state index in [2.05, 4.69) is 102 Å². The fourth-order valence-electron chi connectivity index (χ4n) is 6.03. The molecular weight excluding hydrogens is 454 g/mol. The Balaban J connectivity index is 1.34. The largest absolute Gasteiger partial charge is 0.494 e. The monoisotopic (exact) mass is 499 g/mol. The van der Waals surface area contributed by atoms with Crippen molar-refractivity contribution >= 4 is 0 Å². The van der Waals surface area contributed by atoms with Crippen LogP contribution in [0.3, 0.4) is 0 Å². The van der Waals surface area contributed by atoms with Crippen LogP contribution >= 0.6 is 0 Å². The maximum Gasteiger partial charge on any atom is 0.119 e. The molecular formula is C34H45NO2. The Labute approximate surface area is 224 Å². The summed E-state index contributed by atoms with van der Waals surface area (Å²) < 4.78 is 12.2. The predicted molar refractivity (Wildman–Crippen MR) is 156 cm³/mol. The van der Waals surface area contributed by atoms with Crippen LogP contribution in [0.4, 0.5) is 0 Å². The van der Waals surface area contributed by atoms with Crippen molar-refractivity contribution in [2.24, 2.45) is 11.3 Å². The second-order valence-corrected chi connectivity index (χ2v) is 12.0. The molecule has 3 nitrogen and oxygen atoms in total. The average Bonchev–Trinajstić information content (AvgIpc) is 3.18. The molecule has 37 heavy (non-hydrogen) atoms. The number of allylic oxidation sites excluding steroid dienone is 4. The average molecular weight is 500 g/mol. The second-order valence-electron chi connectivity index (χ2n) is 12.0. The van der Waals surface area contributed by atoms with E-state index in [4.69, 9.17) is 9.47 Å². The van der Waals surface area contributed by atoms with E-state index >= 15 is 0 Å². The molecule has 0 amide bonds. The van der Waals surface area contributed by atoms with E-state index in [1.807, 2.05) is 0 Å². The van der Waals surface area contributed by atoms with Crippen LogP contribution in [0.25, 0.3) is 11.1 Å². The standard InChI is InChI=1S/C34H45NO2/c1-8-29-15-24(2)16-31(29)19-27(5)37-21-28-11-9-12-30(20-28)33-25(3)17-32(18-26(33)4)36-14-10-13-35-22-34(6,7)23-35/h8-9,11-12,17-20,24H,5,10,13-16,21-23H2,1-4,6-7H3/b29-8-,31-19-. The highest BCUT2D eigenvalue weighted by atomic mass is 16.5. The topological polar surface area (TPSA) is 21.7 Å². The Kier molecular flexibility index (Phi) is 8.64. The van der Waals surface area contributed by atoms with Gasteiger partial charge in [-0.2, -0.15) is 0 Å². The van der Waals surface area contributed by atoms with Gasteiger partial charge in [-0.3, -0.25) is 0 Å². The van der Waals surface area contributed by atoms with Gasteiger partial charge in [-0.1, -0.05) is 51.6 Å². The van der Waals surface area contributed by atoms with Crippen LogP contribution in [0.1, 0.15) is 63.6 Å². The zero-order chi connectivity index (χ0) is 26.6. The third kappa shape index (κ3) is 7.17. The second kappa shape index (κ2) is 11.7. The minimum atomic E-state index is 0.490. The van der Waals surface area contributed by atoms with E-state index in [-0.39, 0.29) is 0 Å². The summed E-state index contributed by atoms with van der Waals surface area (Å²) in [5.41, 5.74) is 9.40. The number of rotatable bonds is 10. The molecule has 2 aromatic carbocycles. The summed E-state index contributed by atoms with van der Waals surface area (Å²) in [6, 6.07) is 13.0. The molecule has 0 aromatic heterocycles. The molecule has 198 valence electrons. The molecule has 1 aliphatic heterocycles. The molecule has 1 saturated heterocycles. The van der Waals surface area contributed by atoms with Gasteiger partial charge in [0.15, 0.2) is 0 Å². The lowest BCUT2D eigenvalue weighted by Crippen LogP contribution is -2.53.